The third-order valence-electron chi connectivity index (χ3n) is 2.92. The van der Waals surface area contributed by atoms with Gasteiger partial charge in [0.15, 0.2) is 0 Å². The first-order valence-electron chi connectivity index (χ1n) is 6.51. The van der Waals surface area contributed by atoms with Gasteiger partial charge in [-0.1, -0.05) is 44.5 Å². The van der Waals surface area contributed by atoms with Crippen molar-refractivity contribution >= 4 is 17.4 Å². The molecule has 0 atom stereocenters. The highest BCUT2D eigenvalue weighted by atomic mass is 35.5. The number of hydrogen-bond acceptors (Lipinski definition) is 2. The Kier molecular flexibility index (Phi) is 4.04. The molecule has 0 bridgehead atoms. The topological polar surface area (TPSA) is 43.8 Å². The first-order valence-corrected chi connectivity index (χ1v) is 6.89. The Hall–Kier alpha value is -1.55. The number of benzene rings is 1. The van der Waals surface area contributed by atoms with Gasteiger partial charge in [0.2, 0.25) is 0 Å². The first kappa shape index (κ1) is 14.9. The van der Waals surface area contributed by atoms with E-state index in [9.17, 15) is 4.39 Å². The van der Waals surface area contributed by atoms with Crippen LogP contribution in [0.1, 0.15) is 32.0 Å². The Morgan fingerprint density at radius 3 is 2.65 bits per heavy atom. The van der Waals surface area contributed by atoms with E-state index in [0.717, 1.165) is 17.7 Å². The molecule has 3 nitrogen and oxygen atoms in total. The number of halogens is 2. The molecular formula is C15H19ClFN3. The van der Waals surface area contributed by atoms with Crippen molar-refractivity contribution in [3.63, 3.8) is 0 Å². The van der Waals surface area contributed by atoms with Gasteiger partial charge in [-0.3, -0.25) is 0 Å². The van der Waals surface area contributed by atoms with Gasteiger partial charge < -0.3 is 5.73 Å². The number of nitrogens with two attached hydrogens (primary N) is 1. The van der Waals surface area contributed by atoms with Crippen molar-refractivity contribution in [1.82, 2.24) is 9.78 Å². The van der Waals surface area contributed by atoms with E-state index < -0.39 is 0 Å². The van der Waals surface area contributed by atoms with Crippen molar-refractivity contribution in [2.75, 3.05) is 5.73 Å². The average Bonchev–Trinajstić information content (AvgIpc) is 2.56. The Morgan fingerprint density at radius 1 is 1.35 bits per heavy atom. The van der Waals surface area contributed by atoms with Gasteiger partial charge in [-0.2, -0.15) is 5.10 Å². The minimum atomic E-state index is -0.269. The van der Waals surface area contributed by atoms with Gasteiger partial charge in [0, 0.05) is 0 Å². The van der Waals surface area contributed by atoms with Crippen LogP contribution < -0.4 is 5.73 Å². The quantitative estimate of drug-likeness (QED) is 0.933. The van der Waals surface area contributed by atoms with Crippen LogP contribution in [-0.4, -0.2) is 9.78 Å². The van der Waals surface area contributed by atoms with E-state index in [1.165, 1.54) is 12.1 Å². The van der Waals surface area contributed by atoms with Crippen molar-refractivity contribution in [3.8, 4) is 0 Å². The second-order valence-corrected chi connectivity index (χ2v) is 6.55. The fourth-order valence-electron chi connectivity index (χ4n) is 2.05. The lowest BCUT2D eigenvalue weighted by atomic mass is 9.91. The van der Waals surface area contributed by atoms with Crippen molar-refractivity contribution in [3.05, 3.63) is 46.4 Å². The summed E-state index contributed by atoms with van der Waals surface area (Å²) in [7, 11) is 0. The molecule has 2 N–H and O–H groups in total. The van der Waals surface area contributed by atoms with Crippen molar-refractivity contribution < 1.29 is 4.39 Å². The average molecular weight is 296 g/mol. The van der Waals surface area contributed by atoms with Crippen LogP contribution in [0.4, 0.5) is 10.2 Å². The summed E-state index contributed by atoms with van der Waals surface area (Å²) in [6.07, 6.45) is 0.742. The second-order valence-electron chi connectivity index (χ2n) is 6.17. The molecule has 2 rings (SSSR count). The molecule has 0 fully saturated rings. The first-order chi connectivity index (χ1) is 9.26. The van der Waals surface area contributed by atoms with Crippen molar-refractivity contribution in [2.45, 2.75) is 33.7 Å². The van der Waals surface area contributed by atoms with Crippen molar-refractivity contribution in [1.29, 1.82) is 0 Å². The molecule has 0 spiro atoms. The Bertz CT molecular complexity index is 614. The molecular weight excluding hydrogens is 277 g/mol. The lowest BCUT2D eigenvalue weighted by molar-refractivity contribution is 0.404. The number of nitrogens with zero attached hydrogens (tertiary/aromatic N) is 2. The van der Waals surface area contributed by atoms with Crippen LogP contribution in [0.25, 0.3) is 0 Å². The minimum Gasteiger partial charge on any atom is -0.383 e. The van der Waals surface area contributed by atoms with Crippen LogP contribution in [0.2, 0.25) is 5.02 Å². The molecule has 0 amide bonds. The monoisotopic (exact) mass is 295 g/mol. The zero-order valence-electron chi connectivity index (χ0n) is 12.0. The molecule has 108 valence electrons. The van der Waals surface area contributed by atoms with Crippen LogP contribution >= 0.6 is 11.6 Å². The molecule has 0 saturated heterocycles. The Balaban J connectivity index is 2.27. The van der Waals surface area contributed by atoms with Crippen LogP contribution in [0, 0.1) is 11.2 Å². The van der Waals surface area contributed by atoms with Gasteiger partial charge >= 0.3 is 0 Å². The fraction of sp³-hybridized carbons (Fsp3) is 0.400. The smallest absolute Gasteiger partial charge is 0.141 e. The largest absolute Gasteiger partial charge is 0.383 e. The molecule has 0 radical (unpaired) electrons. The van der Waals surface area contributed by atoms with Gasteiger partial charge in [0.25, 0.3) is 0 Å². The van der Waals surface area contributed by atoms with Gasteiger partial charge in [-0.25, -0.2) is 9.07 Å². The van der Waals surface area contributed by atoms with E-state index in [-0.39, 0.29) is 11.2 Å². The standard InChI is InChI=1S/C15H19ClFN3/c1-15(2,3)8-12-13(16)14(18)20(19-12)9-10-5-4-6-11(17)7-10/h4-7H,8-9,18H2,1-3H3. The second kappa shape index (κ2) is 5.44. The summed E-state index contributed by atoms with van der Waals surface area (Å²) in [4.78, 5) is 0. The Labute approximate surface area is 123 Å². The van der Waals surface area contributed by atoms with Crippen molar-refractivity contribution in [2.24, 2.45) is 5.41 Å². The maximum atomic E-state index is 13.2. The van der Waals surface area contributed by atoms with E-state index in [1.54, 1.807) is 10.7 Å². The lowest BCUT2D eigenvalue weighted by Gasteiger charge is -2.16. The van der Waals surface area contributed by atoms with Crippen LogP contribution in [-0.2, 0) is 13.0 Å². The van der Waals surface area contributed by atoms with Gasteiger partial charge in [-0.15, -0.1) is 0 Å². The van der Waals surface area contributed by atoms with E-state index in [0.29, 0.717) is 17.4 Å². The summed E-state index contributed by atoms with van der Waals surface area (Å²) >= 11 is 6.24. The third kappa shape index (κ3) is 3.51. The zero-order valence-corrected chi connectivity index (χ0v) is 12.7. The number of rotatable bonds is 3. The fourth-order valence-corrected chi connectivity index (χ4v) is 2.25. The number of aromatic nitrogens is 2. The minimum absolute atomic E-state index is 0.0775. The number of nitrogen functional groups attached to an aromatic ring is 1. The highest BCUT2D eigenvalue weighted by Gasteiger charge is 2.20. The van der Waals surface area contributed by atoms with Crippen LogP contribution in [0.3, 0.4) is 0 Å². The molecule has 5 heteroatoms. The van der Waals surface area contributed by atoms with E-state index >= 15 is 0 Å². The SMILES string of the molecule is CC(C)(C)Cc1nn(Cc2cccc(F)c2)c(N)c1Cl. The maximum absolute atomic E-state index is 13.2. The molecule has 0 aliphatic carbocycles. The predicted molar refractivity (Wildman–Crippen MR) is 80.3 cm³/mol. The summed E-state index contributed by atoms with van der Waals surface area (Å²) in [5.74, 6) is 0.157. The lowest BCUT2D eigenvalue weighted by Crippen LogP contribution is -2.11. The number of anilines is 1. The molecule has 0 saturated carbocycles. The summed E-state index contributed by atoms with van der Waals surface area (Å²) in [5, 5.41) is 4.95. The van der Waals surface area contributed by atoms with Gasteiger partial charge in [-0.05, 0) is 29.5 Å². The molecule has 1 heterocycles. The molecule has 1 aromatic carbocycles. The molecule has 1 aromatic heterocycles. The van der Waals surface area contributed by atoms with Crippen LogP contribution in [0.5, 0.6) is 0 Å². The molecule has 0 unspecified atom stereocenters. The van der Waals surface area contributed by atoms with E-state index in [1.807, 2.05) is 6.07 Å². The van der Waals surface area contributed by atoms with Gasteiger partial charge in [0.1, 0.15) is 16.7 Å². The summed E-state index contributed by atoms with van der Waals surface area (Å²) in [6, 6.07) is 6.38. The summed E-state index contributed by atoms with van der Waals surface area (Å²) in [5.41, 5.74) is 7.65. The highest BCUT2D eigenvalue weighted by Crippen LogP contribution is 2.29. The molecule has 20 heavy (non-hydrogen) atoms. The molecule has 2 aromatic rings. The summed E-state index contributed by atoms with van der Waals surface area (Å²) < 4.78 is 14.8. The molecule has 0 aliphatic heterocycles. The van der Waals surface area contributed by atoms with Crippen LogP contribution in [0.15, 0.2) is 24.3 Å². The summed E-state index contributed by atoms with van der Waals surface area (Å²) in [6.45, 7) is 6.76. The van der Waals surface area contributed by atoms with Gasteiger partial charge in [0.05, 0.1) is 12.2 Å². The maximum Gasteiger partial charge on any atom is 0.141 e. The highest BCUT2D eigenvalue weighted by molar-refractivity contribution is 6.33. The Morgan fingerprint density at radius 2 is 2.05 bits per heavy atom. The van der Waals surface area contributed by atoms with E-state index in [2.05, 4.69) is 25.9 Å². The predicted octanol–water partition coefficient (Wildman–Crippen LogP) is 3.89. The normalized spacial score (nSPS) is 11.8. The molecule has 0 aliphatic rings. The zero-order chi connectivity index (χ0) is 14.9. The van der Waals surface area contributed by atoms with E-state index in [4.69, 9.17) is 17.3 Å². The third-order valence-corrected chi connectivity index (χ3v) is 3.33. The number of hydrogen-bond donors (Lipinski definition) is 1.